The van der Waals surface area contributed by atoms with Crippen LogP contribution in [0.1, 0.15) is 24.5 Å². The summed E-state index contributed by atoms with van der Waals surface area (Å²) in [4.78, 5) is 13.7. The fourth-order valence-corrected chi connectivity index (χ4v) is 4.44. The molecule has 0 atom stereocenters. The van der Waals surface area contributed by atoms with Crippen LogP contribution in [0.2, 0.25) is 0 Å². The van der Waals surface area contributed by atoms with Crippen molar-refractivity contribution in [2.45, 2.75) is 32.1 Å². The number of amides is 1. The highest BCUT2D eigenvalue weighted by molar-refractivity contribution is 7.89. The van der Waals surface area contributed by atoms with Crippen LogP contribution in [0, 0.1) is 13.8 Å². The van der Waals surface area contributed by atoms with E-state index >= 15 is 0 Å². The van der Waals surface area contributed by atoms with Crippen LogP contribution in [-0.4, -0.2) is 56.5 Å². The lowest BCUT2D eigenvalue weighted by Gasteiger charge is -2.22. The molecule has 0 aliphatic carbocycles. The number of carbonyl (C=O) groups excluding carboxylic acids is 1. The van der Waals surface area contributed by atoms with E-state index in [0.29, 0.717) is 37.6 Å². The third kappa shape index (κ3) is 4.03. The Morgan fingerprint density at radius 1 is 1.17 bits per heavy atom. The minimum atomic E-state index is -3.55. The number of nitrogens with zero attached hydrogens (tertiary/aromatic N) is 2. The van der Waals surface area contributed by atoms with Gasteiger partial charge in [-0.1, -0.05) is 12.1 Å². The number of hydrogen-bond donors (Lipinski definition) is 0. The highest BCUT2D eigenvalue weighted by Gasteiger charge is 2.29. The number of carbonyl (C=O) groups is 1. The summed E-state index contributed by atoms with van der Waals surface area (Å²) in [5.41, 5.74) is 1.65. The van der Waals surface area contributed by atoms with Gasteiger partial charge < -0.3 is 9.64 Å². The Morgan fingerprint density at radius 3 is 2.61 bits per heavy atom. The highest BCUT2D eigenvalue weighted by Crippen LogP contribution is 2.22. The van der Waals surface area contributed by atoms with Crippen molar-refractivity contribution in [3.63, 3.8) is 0 Å². The third-order valence-corrected chi connectivity index (χ3v) is 5.98. The molecule has 0 aromatic heterocycles. The first-order chi connectivity index (χ1) is 10.9. The van der Waals surface area contributed by atoms with E-state index in [2.05, 4.69) is 0 Å². The Hall–Kier alpha value is -1.60. The van der Waals surface area contributed by atoms with Gasteiger partial charge in [0.1, 0.15) is 0 Å². The lowest BCUT2D eigenvalue weighted by atomic mass is 10.2. The molecule has 1 saturated heterocycles. The summed E-state index contributed by atoms with van der Waals surface area (Å²) in [5.74, 6) is 0. The summed E-state index contributed by atoms with van der Waals surface area (Å²) in [6.45, 7) is 7.31. The smallest absolute Gasteiger partial charge is 0.409 e. The van der Waals surface area contributed by atoms with E-state index in [1.54, 1.807) is 24.8 Å². The Kier molecular flexibility index (Phi) is 5.64. The first-order valence-corrected chi connectivity index (χ1v) is 9.29. The molecule has 7 heteroatoms. The van der Waals surface area contributed by atoms with E-state index in [-0.39, 0.29) is 12.6 Å². The zero-order valence-corrected chi connectivity index (χ0v) is 14.7. The second-order valence-corrected chi connectivity index (χ2v) is 7.62. The number of sulfonamides is 1. The molecule has 0 saturated carbocycles. The second kappa shape index (κ2) is 7.31. The van der Waals surface area contributed by atoms with Crippen LogP contribution >= 0.6 is 0 Å². The fraction of sp³-hybridized carbons (Fsp3) is 0.562. The molecule has 1 aliphatic heterocycles. The van der Waals surface area contributed by atoms with Gasteiger partial charge in [0.2, 0.25) is 10.0 Å². The molecular formula is C16H24N2O4S. The monoisotopic (exact) mass is 340 g/mol. The number of aryl methyl sites for hydroxylation is 2. The van der Waals surface area contributed by atoms with Gasteiger partial charge in [-0.05, 0) is 44.4 Å². The predicted molar refractivity (Wildman–Crippen MR) is 87.9 cm³/mol. The molecule has 6 nitrogen and oxygen atoms in total. The SMILES string of the molecule is CCOC(=O)N1CCCN(S(=O)(=O)c2cc(C)ccc2C)CC1. The van der Waals surface area contributed by atoms with Crippen molar-refractivity contribution in [3.05, 3.63) is 29.3 Å². The van der Waals surface area contributed by atoms with Gasteiger partial charge in [0.05, 0.1) is 11.5 Å². The maximum Gasteiger partial charge on any atom is 0.409 e. The van der Waals surface area contributed by atoms with E-state index in [4.69, 9.17) is 4.74 Å². The molecule has 0 spiro atoms. The van der Waals surface area contributed by atoms with E-state index < -0.39 is 10.0 Å². The van der Waals surface area contributed by atoms with E-state index in [1.165, 1.54) is 4.31 Å². The number of benzene rings is 1. The van der Waals surface area contributed by atoms with Gasteiger partial charge in [-0.15, -0.1) is 0 Å². The van der Waals surface area contributed by atoms with E-state index in [0.717, 1.165) is 11.1 Å². The molecule has 0 bridgehead atoms. The highest BCUT2D eigenvalue weighted by atomic mass is 32.2. The van der Waals surface area contributed by atoms with Crippen LogP contribution in [0.5, 0.6) is 0 Å². The Labute approximate surface area is 138 Å². The molecule has 1 aromatic rings. The molecule has 0 radical (unpaired) electrons. The zero-order valence-electron chi connectivity index (χ0n) is 13.9. The molecule has 128 valence electrons. The fourth-order valence-electron chi connectivity index (χ4n) is 2.66. The van der Waals surface area contributed by atoms with Gasteiger partial charge in [-0.25, -0.2) is 13.2 Å². The molecule has 1 aromatic carbocycles. The minimum Gasteiger partial charge on any atom is -0.450 e. The van der Waals surface area contributed by atoms with Crippen LogP contribution < -0.4 is 0 Å². The maximum absolute atomic E-state index is 12.9. The normalized spacial score (nSPS) is 16.9. The van der Waals surface area contributed by atoms with Gasteiger partial charge in [0.25, 0.3) is 0 Å². The predicted octanol–water partition coefficient (Wildman–Crippen LogP) is 2.16. The van der Waals surface area contributed by atoms with Crippen molar-refractivity contribution in [1.29, 1.82) is 0 Å². The van der Waals surface area contributed by atoms with Crippen molar-refractivity contribution in [3.8, 4) is 0 Å². The van der Waals surface area contributed by atoms with Crippen molar-refractivity contribution < 1.29 is 17.9 Å². The van der Waals surface area contributed by atoms with Crippen LogP contribution in [0.3, 0.4) is 0 Å². The van der Waals surface area contributed by atoms with Crippen LogP contribution in [0.4, 0.5) is 4.79 Å². The summed E-state index contributed by atoms with van der Waals surface area (Å²) in [7, 11) is -3.55. The molecule has 23 heavy (non-hydrogen) atoms. The van der Waals surface area contributed by atoms with Crippen molar-refractivity contribution in [2.24, 2.45) is 0 Å². The lowest BCUT2D eigenvalue weighted by Crippen LogP contribution is -2.37. The molecule has 1 amide bonds. The van der Waals surface area contributed by atoms with Gasteiger partial charge in [0.15, 0.2) is 0 Å². The van der Waals surface area contributed by atoms with E-state index in [1.807, 2.05) is 19.1 Å². The first-order valence-electron chi connectivity index (χ1n) is 7.85. The van der Waals surface area contributed by atoms with Crippen LogP contribution in [-0.2, 0) is 14.8 Å². The quantitative estimate of drug-likeness (QED) is 0.846. The summed E-state index contributed by atoms with van der Waals surface area (Å²) in [6, 6.07) is 5.43. The van der Waals surface area contributed by atoms with Crippen molar-refractivity contribution in [1.82, 2.24) is 9.21 Å². The summed E-state index contributed by atoms with van der Waals surface area (Å²) < 4.78 is 32.3. The van der Waals surface area contributed by atoms with Crippen LogP contribution in [0.25, 0.3) is 0 Å². The van der Waals surface area contributed by atoms with Crippen LogP contribution in [0.15, 0.2) is 23.1 Å². The molecular weight excluding hydrogens is 316 g/mol. The Morgan fingerprint density at radius 2 is 1.91 bits per heavy atom. The Bertz CT molecular complexity index is 673. The van der Waals surface area contributed by atoms with Crippen molar-refractivity contribution in [2.75, 3.05) is 32.8 Å². The molecule has 2 rings (SSSR count). The topological polar surface area (TPSA) is 66.9 Å². The number of ether oxygens (including phenoxy) is 1. The largest absolute Gasteiger partial charge is 0.450 e. The third-order valence-electron chi connectivity index (χ3n) is 3.94. The molecule has 0 N–H and O–H groups in total. The Balaban J connectivity index is 2.18. The average Bonchev–Trinajstić information content (AvgIpc) is 2.76. The molecule has 1 aliphatic rings. The minimum absolute atomic E-state index is 0.286. The van der Waals surface area contributed by atoms with Gasteiger partial charge >= 0.3 is 6.09 Å². The molecule has 1 heterocycles. The van der Waals surface area contributed by atoms with E-state index in [9.17, 15) is 13.2 Å². The van der Waals surface area contributed by atoms with Crippen molar-refractivity contribution >= 4 is 16.1 Å². The lowest BCUT2D eigenvalue weighted by molar-refractivity contribution is 0.109. The number of hydrogen-bond acceptors (Lipinski definition) is 4. The molecule has 1 fully saturated rings. The van der Waals surface area contributed by atoms with Gasteiger partial charge in [-0.2, -0.15) is 4.31 Å². The standard InChI is InChI=1S/C16H24N2O4S/c1-4-22-16(19)17-8-5-9-18(11-10-17)23(20,21)15-12-13(2)6-7-14(15)3/h6-7,12H,4-5,8-11H2,1-3H3. The van der Waals surface area contributed by atoms with Gasteiger partial charge in [0, 0.05) is 26.2 Å². The second-order valence-electron chi connectivity index (χ2n) is 5.71. The number of rotatable bonds is 3. The zero-order chi connectivity index (χ0) is 17.0. The molecule has 0 unspecified atom stereocenters. The summed E-state index contributed by atoms with van der Waals surface area (Å²) >= 11 is 0. The van der Waals surface area contributed by atoms with Gasteiger partial charge in [-0.3, -0.25) is 0 Å². The maximum atomic E-state index is 12.9. The summed E-state index contributed by atoms with van der Waals surface area (Å²) in [6.07, 6.45) is 0.224. The summed E-state index contributed by atoms with van der Waals surface area (Å²) in [5, 5.41) is 0. The average molecular weight is 340 g/mol. The first kappa shape index (κ1) is 17.7.